The Morgan fingerprint density at radius 1 is 1.23 bits per heavy atom. The van der Waals surface area contributed by atoms with Gasteiger partial charge in [0.15, 0.2) is 0 Å². The molecule has 1 fully saturated rings. The average Bonchev–Trinajstić information content (AvgIpc) is 2.19. The van der Waals surface area contributed by atoms with E-state index in [2.05, 4.69) is 6.92 Å². The lowest BCUT2D eigenvalue weighted by atomic mass is 9.85. The SMILES string of the molecule is CC(CCl)CCCC1CCCCC1. The van der Waals surface area contributed by atoms with Crippen LogP contribution in [0.2, 0.25) is 0 Å². The molecule has 0 heterocycles. The Labute approximate surface area is 88.1 Å². The van der Waals surface area contributed by atoms with Gasteiger partial charge in [-0.2, -0.15) is 0 Å². The first kappa shape index (κ1) is 11.4. The highest BCUT2D eigenvalue weighted by Crippen LogP contribution is 2.28. The van der Waals surface area contributed by atoms with Crippen LogP contribution in [0.3, 0.4) is 0 Å². The summed E-state index contributed by atoms with van der Waals surface area (Å²) in [5.41, 5.74) is 0. The third-order valence-electron chi connectivity index (χ3n) is 3.30. The van der Waals surface area contributed by atoms with Crippen molar-refractivity contribution in [1.29, 1.82) is 0 Å². The van der Waals surface area contributed by atoms with Gasteiger partial charge in [-0.25, -0.2) is 0 Å². The molecule has 0 radical (unpaired) electrons. The molecule has 0 saturated heterocycles. The maximum Gasteiger partial charge on any atom is 0.0249 e. The molecule has 1 saturated carbocycles. The number of hydrogen-bond donors (Lipinski definition) is 0. The fraction of sp³-hybridized carbons (Fsp3) is 1.00. The summed E-state index contributed by atoms with van der Waals surface area (Å²) in [6.45, 7) is 2.26. The van der Waals surface area contributed by atoms with Crippen molar-refractivity contribution in [1.82, 2.24) is 0 Å². The molecule has 0 bridgehead atoms. The van der Waals surface area contributed by atoms with E-state index >= 15 is 0 Å². The van der Waals surface area contributed by atoms with E-state index in [1.54, 1.807) is 0 Å². The van der Waals surface area contributed by atoms with Gasteiger partial charge in [0.05, 0.1) is 0 Å². The van der Waals surface area contributed by atoms with Crippen LogP contribution < -0.4 is 0 Å². The summed E-state index contributed by atoms with van der Waals surface area (Å²) >= 11 is 5.77. The van der Waals surface area contributed by atoms with E-state index < -0.39 is 0 Å². The first-order valence-electron chi connectivity index (χ1n) is 5.89. The van der Waals surface area contributed by atoms with Crippen LogP contribution in [0.5, 0.6) is 0 Å². The first-order valence-corrected chi connectivity index (χ1v) is 6.42. The molecule has 1 aliphatic carbocycles. The number of rotatable bonds is 5. The standard InChI is InChI=1S/C12H23Cl/c1-11(10-13)6-5-9-12-7-3-2-4-8-12/h11-12H,2-10H2,1H3. The summed E-state index contributed by atoms with van der Waals surface area (Å²) in [5.74, 6) is 2.62. The van der Waals surface area contributed by atoms with E-state index in [-0.39, 0.29) is 0 Å². The average molecular weight is 203 g/mol. The zero-order valence-electron chi connectivity index (χ0n) is 8.90. The maximum absolute atomic E-state index is 5.77. The van der Waals surface area contributed by atoms with E-state index in [9.17, 15) is 0 Å². The zero-order chi connectivity index (χ0) is 9.52. The highest BCUT2D eigenvalue weighted by Gasteiger charge is 2.13. The van der Waals surface area contributed by atoms with Gasteiger partial charge in [-0.3, -0.25) is 0 Å². The molecule has 0 amide bonds. The van der Waals surface area contributed by atoms with Crippen molar-refractivity contribution in [2.24, 2.45) is 11.8 Å². The van der Waals surface area contributed by atoms with Gasteiger partial charge in [-0.1, -0.05) is 51.9 Å². The quantitative estimate of drug-likeness (QED) is 0.571. The minimum atomic E-state index is 0.727. The molecular weight excluding hydrogens is 180 g/mol. The summed E-state index contributed by atoms with van der Waals surface area (Å²) in [6, 6.07) is 0. The monoisotopic (exact) mass is 202 g/mol. The molecule has 0 aromatic heterocycles. The Kier molecular flexibility index (Phi) is 5.86. The number of halogens is 1. The second-order valence-electron chi connectivity index (χ2n) is 4.69. The lowest BCUT2D eigenvalue weighted by Crippen LogP contribution is -2.07. The Morgan fingerprint density at radius 2 is 1.92 bits per heavy atom. The zero-order valence-corrected chi connectivity index (χ0v) is 9.65. The van der Waals surface area contributed by atoms with Gasteiger partial charge in [0.25, 0.3) is 0 Å². The van der Waals surface area contributed by atoms with Crippen LogP contribution in [0.15, 0.2) is 0 Å². The molecule has 1 heteroatoms. The second-order valence-corrected chi connectivity index (χ2v) is 5.00. The predicted octanol–water partition coefficient (Wildman–Crippen LogP) is 4.61. The Bertz CT molecular complexity index is 116. The van der Waals surface area contributed by atoms with Gasteiger partial charge in [-0.15, -0.1) is 11.6 Å². The molecular formula is C12H23Cl. The summed E-state index contributed by atoms with van der Waals surface area (Å²) in [5, 5.41) is 0. The fourth-order valence-corrected chi connectivity index (χ4v) is 2.46. The molecule has 78 valence electrons. The van der Waals surface area contributed by atoms with Crippen LogP contribution in [-0.4, -0.2) is 5.88 Å². The molecule has 0 aliphatic heterocycles. The van der Waals surface area contributed by atoms with E-state index in [1.165, 1.54) is 51.4 Å². The van der Waals surface area contributed by atoms with Crippen LogP contribution in [-0.2, 0) is 0 Å². The Balaban J connectivity index is 1.98. The maximum atomic E-state index is 5.77. The van der Waals surface area contributed by atoms with Crippen molar-refractivity contribution < 1.29 is 0 Å². The molecule has 0 nitrogen and oxygen atoms in total. The summed E-state index contributed by atoms with van der Waals surface area (Å²) in [7, 11) is 0. The number of alkyl halides is 1. The van der Waals surface area contributed by atoms with Gasteiger partial charge in [0.2, 0.25) is 0 Å². The van der Waals surface area contributed by atoms with Gasteiger partial charge in [0, 0.05) is 5.88 Å². The molecule has 1 aliphatic rings. The third kappa shape index (κ3) is 4.90. The number of hydrogen-bond acceptors (Lipinski definition) is 0. The van der Waals surface area contributed by atoms with Crippen LogP contribution >= 0.6 is 11.6 Å². The highest BCUT2D eigenvalue weighted by molar-refractivity contribution is 6.18. The minimum Gasteiger partial charge on any atom is -0.126 e. The lowest BCUT2D eigenvalue weighted by Gasteiger charge is -2.21. The van der Waals surface area contributed by atoms with Crippen LogP contribution in [0, 0.1) is 11.8 Å². The topological polar surface area (TPSA) is 0 Å². The molecule has 0 aromatic carbocycles. The molecule has 1 rings (SSSR count). The predicted molar refractivity (Wildman–Crippen MR) is 60.3 cm³/mol. The van der Waals surface area contributed by atoms with Crippen molar-refractivity contribution in [3.8, 4) is 0 Å². The van der Waals surface area contributed by atoms with E-state index in [4.69, 9.17) is 11.6 Å². The Hall–Kier alpha value is 0.290. The largest absolute Gasteiger partial charge is 0.126 e. The molecule has 0 spiro atoms. The van der Waals surface area contributed by atoms with E-state index in [1.807, 2.05) is 0 Å². The van der Waals surface area contributed by atoms with Crippen molar-refractivity contribution in [2.45, 2.75) is 58.3 Å². The highest BCUT2D eigenvalue weighted by atomic mass is 35.5. The van der Waals surface area contributed by atoms with Crippen molar-refractivity contribution in [3.63, 3.8) is 0 Å². The molecule has 13 heavy (non-hydrogen) atoms. The van der Waals surface area contributed by atoms with Gasteiger partial charge < -0.3 is 0 Å². The van der Waals surface area contributed by atoms with Gasteiger partial charge in [-0.05, 0) is 18.3 Å². The van der Waals surface area contributed by atoms with Crippen molar-refractivity contribution in [2.75, 3.05) is 5.88 Å². The van der Waals surface area contributed by atoms with Gasteiger partial charge >= 0.3 is 0 Å². The Morgan fingerprint density at radius 3 is 2.54 bits per heavy atom. The van der Waals surface area contributed by atoms with E-state index in [0.29, 0.717) is 0 Å². The fourth-order valence-electron chi connectivity index (χ4n) is 2.31. The normalized spacial score (nSPS) is 21.7. The smallest absolute Gasteiger partial charge is 0.0249 e. The first-order chi connectivity index (χ1) is 6.33. The molecule has 1 unspecified atom stereocenters. The molecule has 0 aromatic rings. The summed E-state index contributed by atoms with van der Waals surface area (Å²) in [4.78, 5) is 0. The molecule has 0 N–H and O–H groups in total. The third-order valence-corrected chi connectivity index (χ3v) is 3.82. The molecule has 1 atom stereocenters. The summed E-state index contributed by atoms with van der Waals surface area (Å²) < 4.78 is 0. The van der Waals surface area contributed by atoms with Crippen molar-refractivity contribution >= 4 is 11.6 Å². The lowest BCUT2D eigenvalue weighted by molar-refractivity contribution is 0.323. The van der Waals surface area contributed by atoms with E-state index in [0.717, 1.165) is 17.7 Å². The summed E-state index contributed by atoms with van der Waals surface area (Å²) in [6.07, 6.45) is 11.6. The van der Waals surface area contributed by atoms with Gasteiger partial charge in [0.1, 0.15) is 0 Å². The van der Waals surface area contributed by atoms with Crippen LogP contribution in [0.1, 0.15) is 58.3 Å². The van der Waals surface area contributed by atoms with Crippen LogP contribution in [0.25, 0.3) is 0 Å². The minimum absolute atomic E-state index is 0.727. The van der Waals surface area contributed by atoms with Crippen LogP contribution in [0.4, 0.5) is 0 Å². The second kappa shape index (κ2) is 6.70. The van der Waals surface area contributed by atoms with Crippen molar-refractivity contribution in [3.05, 3.63) is 0 Å².